The number of aliphatic hydroxyl groups excluding tert-OH is 1. The molecule has 0 amide bonds. The molecule has 0 aliphatic rings. The van der Waals surface area contributed by atoms with Crippen LogP contribution in [0.3, 0.4) is 0 Å². The average Bonchev–Trinajstić information content (AvgIpc) is 2.19. The number of pyridine rings is 1. The average molecular weight is 199 g/mol. The third-order valence-corrected chi connectivity index (χ3v) is 2.41. The van der Waals surface area contributed by atoms with Crippen LogP contribution in [0.2, 0.25) is 0 Å². The fraction of sp³-hybridized carbons (Fsp3) is 0.375. The van der Waals surface area contributed by atoms with Gasteiger partial charge in [-0.2, -0.15) is 11.8 Å². The van der Waals surface area contributed by atoms with E-state index in [0.717, 1.165) is 17.2 Å². The van der Waals surface area contributed by atoms with E-state index in [1.807, 2.05) is 12.1 Å². The number of thioether (sulfide) groups is 1. The highest BCUT2D eigenvalue weighted by Crippen LogP contribution is 2.11. The summed E-state index contributed by atoms with van der Waals surface area (Å²) in [5.74, 6) is 7.42. The molecule has 0 bridgehead atoms. The lowest BCUT2D eigenvalue weighted by molar-refractivity contribution is 0.322. The maximum atomic E-state index is 8.57. The number of aliphatic hydroxyl groups is 1. The highest BCUT2D eigenvalue weighted by molar-refractivity contribution is 7.98. The van der Waals surface area contributed by atoms with Crippen LogP contribution in [0.1, 0.15) is 5.69 Å². The Morgan fingerprint density at radius 3 is 3.08 bits per heavy atom. The lowest BCUT2D eigenvalue weighted by atomic mass is 10.4. The Morgan fingerprint density at radius 2 is 2.38 bits per heavy atom. The summed E-state index contributed by atoms with van der Waals surface area (Å²) in [5.41, 5.74) is 3.45. The predicted octanol–water partition coefficient (Wildman–Crippen LogP) is 0.593. The summed E-state index contributed by atoms with van der Waals surface area (Å²) >= 11 is 1.64. The maximum Gasteiger partial charge on any atom is 0.140 e. The Labute approximate surface area is 81.5 Å². The molecular weight excluding hydrogens is 186 g/mol. The Balaban J connectivity index is 2.46. The van der Waals surface area contributed by atoms with Gasteiger partial charge >= 0.3 is 0 Å². The normalized spacial score (nSPS) is 10.0. The van der Waals surface area contributed by atoms with Gasteiger partial charge in [-0.15, -0.1) is 0 Å². The smallest absolute Gasteiger partial charge is 0.140 e. The van der Waals surface area contributed by atoms with E-state index in [9.17, 15) is 0 Å². The van der Waals surface area contributed by atoms with E-state index in [-0.39, 0.29) is 6.61 Å². The molecule has 0 spiro atoms. The number of nitrogen functional groups attached to an aromatic ring is 1. The van der Waals surface area contributed by atoms with Gasteiger partial charge in [-0.05, 0) is 12.1 Å². The van der Waals surface area contributed by atoms with Crippen LogP contribution in [0.5, 0.6) is 0 Å². The van der Waals surface area contributed by atoms with Crippen molar-refractivity contribution in [3.05, 3.63) is 23.9 Å². The van der Waals surface area contributed by atoms with Crippen molar-refractivity contribution in [2.24, 2.45) is 5.84 Å². The molecule has 0 saturated carbocycles. The number of hydrogen-bond donors (Lipinski definition) is 3. The molecule has 1 rings (SSSR count). The van der Waals surface area contributed by atoms with Gasteiger partial charge < -0.3 is 10.5 Å². The number of anilines is 1. The number of hydrogen-bond acceptors (Lipinski definition) is 5. The van der Waals surface area contributed by atoms with Crippen molar-refractivity contribution in [2.75, 3.05) is 17.8 Å². The van der Waals surface area contributed by atoms with Crippen molar-refractivity contribution < 1.29 is 5.11 Å². The molecule has 72 valence electrons. The highest BCUT2D eigenvalue weighted by Gasteiger charge is 1.96. The molecule has 0 aliphatic heterocycles. The molecule has 1 aromatic heterocycles. The molecule has 4 N–H and O–H groups in total. The number of hydrazine groups is 1. The van der Waals surface area contributed by atoms with Gasteiger partial charge in [0.05, 0.1) is 12.3 Å². The molecule has 0 fully saturated rings. The van der Waals surface area contributed by atoms with E-state index in [1.54, 1.807) is 17.8 Å². The summed E-state index contributed by atoms with van der Waals surface area (Å²) < 4.78 is 0. The van der Waals surface area contributed by atoms with Crippen molar-refractivity contribution in [2.45, 2.75) is 5.75 Å². The fourth-order valence-electron chi connectivity index (χ4n) is 0.882. The van der Waals surface area contributed by atoms with Crippen LogP contribution in [0.4, 0.5) is 5.82 Å². The van der Waals surface area contributed by atoms with Gasteiger partial charge in [-0.1, -0.05) is 6.07 Å². The summed E-state index contributed by atoms with van der Waals surface area (Å²) in [6.07, 6.45) is 0. The molecule has 0 saturated heterocycles. The summed E-state index contributed by atoms with van der Waals surface area (Å²) in [4.78, 5) is 4.22. The standard InChI is InChI=1S/C8H13N3OS/c9-11-8-3-1-2-7(10-8)6-13-5-4-12/h1-3,12H,4-6,9H2,(H,10,11). The van der Waals surface area contributed by atoms with Gasteiger partial charge in [0.2, 0.25) is 0 Å². The Kier molecular flexibility index (Phi) is 4.59. The topological polar surface area (TPSA) is 71.2 Å². The van der Waals surface area contributed by atoms with Crippen molar-refractivity contribution in [3.8, 4) is 0 Å². The quantitative estimate of drug-likeness (QED) is 0.368. The zero-order chi connectivity index (χ0) is 9.52. The first-order chi connectivity index (χ1) is 6.36. The summed E-state index contributed by atoms with van der Waals surface area (Å²) in [7, 11) is 0. The van der Waals surface area contributed by atoms with Crippen LogP contribution < -0.4 is 11.3 Å². The van der Waals surface area contributed by atoms with E-state index < -0.39 is 0 Å². The molecule has 0 unspecified atom stereocenters. The summed E-state index contributed by atoms with van der Waals surface area (Å²) in [6, 6.07) is 5.64. The van der Waals surface area contributed by atoms with Crippen molar-refractivity contribution in [1.82, 2.24) is 4.98 Å². The minimum atomic E-state index is 0.208. The van der Waals surface area contributed by atoms with Crippen LogP contribution in [-0.2, 0) is 5.75 Å². The number of rotatable bonds is 5. The first-order valence-corrected chi connectivity index (χ1v) is 5.13. The first-order valence-electron chi connectivity index (χ1n) is 3.98. The lowest BCUT2D eigenvalue weighted by Crippen LogP contribution is -2.08. The molecule has 0 aliphatic carbocycles. The molecule has 4 nitrogen and oxygen atoms in total. The highest BCUT2D eigenvalue weighted by atomic mass is 32.2. The molecule has 0 radical (unpaired) electrons. The van der Waals surface area contributed by atoms with Gasteiger partial charge in [0, 0.05) is 11.5 Å². The van der Waals surface area contributed by atoms with Gasteiger partial charge in [0.1, 0.15) is 5.82 Å². The number of nitrogens with one attached hydrogen (secondary N) is 1. The Bertz CT molecular complexity index is 257. The van der Waals surface area contributed by atoms with Crippen molar-refractivity contribution in [1.29, 1.82) is 0 Å². The zero-order valence-electron chi connectivity index (χ0n) is 7.23. The minimum Gasteiger partial charge on any atom is -0.396 e. The second kappa shape index (κ2) is 5.80. The van der Waals surface area contributed by atoms with Crippen molar-refractivity contribution in [3.63, 3.8) is 0 Å². The minimum absolute atomic E-state index is 0.208. The van der Waals surface area contributed by atoms with Gasteiger partial charge in [0.25, 0.3) is 0 Å². The van der Waals surface area contributed by atoms with Gasteiger partial charge in [-0.25, -0.2) is 10.8 Å². The molecule has 1 heterocycles. The zero-order valence-corrected chi connectivity index (χ0v) is 8.05. The van der Waals surface area contributed by atoms with Crippen molar-refractivity contribution >= 4 is 17.6 Å². The maximum absolute atomic E-state index is 8.57. The van der Waals surface area contributed by atoms with E-state index in [2.05, 4.69) is 10.4 Å². The SMILES string of the molecule is NNc1cccc(CSCCO)n1. The number of nitrogens with zero attached hydrogens (tertiary/aromatic N) is 1. The molecule has 13 heavy (non-hydrogen) atoms. The number of aromatic nitrogens is 1. The van der Waals surface area contributed by atoms with E-state index in [0.29, 0.717) is 5.82 Å². The Morgan fingerprint density at radius 1 is 1.54 bits per heavy atom. The molecular formula is C8H13N3OS. The monoisotopic (exact) mass is 199 g/mol. The molecule has 0 aromatic carbocycles. The van der Waals surface area contributed by atoms with Crippen LogP contribution in [0, 0.1) is 0 Å². The molecule has 5 heteroatoms. The van der Waals surface area contributed by atoms with Crippen LogP contribution in [0.15, 0.2) is 18.2 Å². The lowest BCUT2D eigenvalue weighted by Gasteiger charge is -2.02. The van der Waals surface area contributed by atoms with E-state index in [4.69, 9.17) is 10.9 Å². The van der Waals surface area contributed by atoms with Crippen LogP contribution in [0.25, 0.3) is 0 Å². The second-order valence-electron chi connectivity index (χ2n) is 2.43. The van der Waals surface area contributed by atoms with Crippen LogP contribution in [-0.4, -0.2) is 22.5 Å². The fourth-order valence-corrected chi connectivity index (χ4v) is 1.52. The largest absolute Gasteiger partial charge is 0.396 e. The summed E-state index contributed by atoms with van der Waals surface area (Å²) in [5, 5.41) is 8.57. The van der Waals surface area contributed by atoms with Crippen LogP contribution >= 0.6 is 11.8 Å². The third kappa shape index (κ3) is 3.63. The Hall–Kier alpha value is -0.780. The van der Waals surface area contributed by atoms with E-state index >= 15 is 0 Å². The van der Waals surface area contributed by atoms with E-state index in [1.165, 1.54) is 0 Å². The van der Waals surface area contributed by atoms with Gasteiger partial charge in [-0.3, -0.25) is 0 Å². The predicted molar refractivity (Wildman–Crippen MR) is 55.3 cm³/mol. The number of nitrogens with two attached hydrogens (primary N) is 1. The third-order valence-electron chi connectivity index (χ3n) is 1.44. The van der Waals surface area contributed by atoms with Gasteiger partial charge in [0.15, 0.2) is 0 Å². The first kappa shape index (κ1) is 10.3. The molecule has 0 atom stereocenters. The summed E-state index contributed by atoms with van der Waals surface area (Å²) in [6.45, 7) is 0.208. The second-order valence-corrected chi connectivity index (χ2v) is 3.54. The molecule has 1 aromatic rings.